The van der Waals surface area contributed by atoms with Crippen LogP contribution < -0.4 is 5.32 Å². The van der Waals surface area contributed by atoms with Gasteiger partial charge in [0.2, 0.25) is 0 Å². The second-order valence-electron chi connectivity index (χ2n) is 4.25. The Morgan fingerprint density at radius 1 is 1.29 bits per heavy atom. The van der Waals surface area contributed by atoms with Gasteiger partial charge in [0.05, 0.1) is 40.2 Å². The molecule has 0 bridgehead atoms. The van der Waals surface area contributed by atoms with E-state index in [0.717, 1.165) is 22.8 Å². The van der Waals surface area contributed by atoms with E-state index in [-0.39, 0.29) is 5.56 Å². The molecule has 21 heavy (non-hydrogen) atoms. The van der Waals surface area contributed by atoms with Crippen LogP contribution in [-0.2, 0) is 6.54 Å². The minimum absolute atomic E-state index is 0.155. The Labute approximate surface area is 128 Å². The highest BCUT2D eigenvalue weighted by molar-refractivity contribution is 7.00. The lowest BCUT2D eigenvalue weighted by atomic mass is 10.2. The van der Waals surface area contributed by atoms with E-state index in [1.165, 1.54) is 12.3 Å². The number of rotatable bonds is 4. The predicted octanol–water partition coefficient (Wildman–Crippen LogP) is 3.05. The van der Waals surface area contributed by atoms with Crippen LogP contribution in [0.4, 0.5) is 5.69 Å². The number of carbonyl (C=O) groups is 1. The van der Waals surface area contributed by atoms with Gasteiger partial charge in [0, 0.05) is 6.20 Å². The number of pyridine rings is 1. The number of anilines is 1. The fourth-order valence-corrected chi connectivity index (χ4v) is 2.59. The second kappa shape index (κ2) is 5.63. The fourth-order valence-electron chi connectivity index (χ4n) is 1.83. The van der Waals surface area contributed by atoms with E-state index in [1.807, 2.05) is 6.07 Å². The molecule has 0 saturated carbocycles. The molecular formula is C13H9ClN4O2S. The van der Waals surface area contributed by atoms with Gasteiger partial charge in [0.15, 0.2) is 0 Å². The number of nitrogens with zero attached hydrogens (tertiary/aromatic N) is 3. The van der Waals surface area contributed by atoms with Gasteiger partial charge in [-0.2, -0.15) is 8.75 Å². The van der Waals surface area contributed by atoms with E-state index in [0.29, 0.717) is 22.9 Å². The number of carboxylic acid groups (broad SMARTS) is 1. The predicted molar refractivity (Wildman–Crippen MR) is 80.9 cm³/mol. The molecule has 3 aromatic rings. The Hall–Kier alpha value is -2.25. The zero-order chi connectivity index (χ0) is 14.8. The van der Waals surface area contributed by atoms with Crippen LogP contribution in [0.2, 0.25) is 5.02 Å². The standard InChI is InChI=1S/C13H9ClN4O2S/c14-9-3-4-10-12(18-21-17-10)11(9)16-6-8-2-1-7(5-15-8)13(19)20/h1-5,16H,6H2,(H,19,20). The molecule has 106 valence electrons. The van der Waals surface area contributed by atoms with Gasteiger partial charge in [0.25, 0.3) is 0 Å². The van der Waals surface area contributed by atoms with Gasteiger partial charge in [-0.3, -0.25) is 4.98 Å². The van der Waals surface area contributed by atoms with E-state index in [9.17, 15) is 4.79 Å². The topological polar surface area (TPSA) is 88.0 Å². The van der Waals surface area contributed by atoms with E-state index in [1.54, 1.807) is 12.1 Å². The molecule has 0 saturated heterocycles. The maximum absolute atomic E-state index is 10.8. The zero-order valence-corrected chi connectivity index (χ0v) is 12.1. The van der Waals surface area contributed by atoms with Crippen LogP contribution in [0.15, 0.2) is 30.5 Å². The van der Waals surface area contributed by atoms with Crippen LogP contribution in [0.3, 0.4) is 0 Å². The number of hydrogen-bond donors (Lipinski definition) is 2. The van der Waals surface area contributed by atoms with Crippen LogP contribution in [0.5, 0.6) is 0 Å². The highest BCUT2D eigenvalue weighted by Crippen LogP contribution is 2.30. The molecule has 1 aromatic carbocycles. The lowest BCUT2D eigenvalue weighted by Gasteiger charge is -2.08. The smallest absolute Gasteiger partial charge is 0.337 e. The molecule has 0 spiro atoms. The molecule has 0 aliphatic heterocycles. The number of aromatic nitrogens is 3. The lowest BCUT2D eigenvalue weighted by Crippen LogP contribution is -2.04. The molecule has 0 aliphatic carbocycles. The average molecular weight is 321 g/mol. The summed E-state index contributed by atoms with van der Waals surface area (Å²) in [7, 11) is 0. The first-order chi connectivity index (χ1) is 10.1. The molecule has 8 heteroatoms. The first kappa shape index (κ1) is 13.7. The Kier molecular flexibility index (Phi) is 3.68. The maximum Gasteiger partial charge on any atom is 0.337 e. The molecule has 0 fully saturated rings. The van der Waals surface area contributed by atoms with Gasteiger partial charge in [-0.1, -0.05) is 11.6 Å². The van der Waals surface area contributed by atoms with Crippen molar-refractivity contribution in [3.05, 3.63) is 46.7 Å². The van der Waals surface area contributed by atoms with E-state index in [2.05, 4.69) is 19.0 Å². The molecule has 2 heterocycles. The van der Waals surface area contributed by atoms with Crippen molar-refractivity contribution in [2.45, 2.75) is 6.54 Å². The second-order valence-corrected chi connectivity index (χ2v) is 5.19. The van der Waals surface area contributed by atoms with Crippen LogP contribution in [0, 0.1) is 0 Å². The van der Waals surface area contributed by atoms with Crippen molar-refractivity contribution >= 4 is 46.0 Å². The first-order valence-electron chi connectivity index (χ1n) is 5.98. The number of benzene rings is 1. The number of fused-ring (bicyclic) bond motifs is 1. The number of halogens is 1. The third-order valence-electron chi connectivity index (χ3n) is 2.90. The highest BCUT2D eigenvalue weighted by Gasteiger charge is 2.10. The minimum atomic E-state index is -0.997. The van der Waals surface area contributed by atoms with Crippen LogP contribution in [0.1, 0.15) is 16.1 Å². The number of carboxylic acids is 1. The number of aromatic carboxylic acids is 1. The van der Waals surface area contributed by atoms with Crippen LogP contribution in [-0.4, -0.2) is 24.8 Å². The van der Waals surface area contributed by atoms with Crippen molar-refractivity contribution in [3.8, 4) is 0 Å². The van der Waals surface area contributed by atoms with E-state index < -0.39 is 5.97 Å². The quantitative estimate of drug-likeness (QED) is 0.768. The van der Waals surface area contributed by atoms with Gasteiger partial charge in [-0.05, 0) is 24.3 Å². The first-order valence-corrected chi connectivity index (χ1v) is 7.09. The highest BCUT2D eigenvalue weighted by atomic mass is 35.5. The Morgan fingerprint density at radius 3 is 2.86 bits per heavy atom. The summed E-state index contributed by atoms with van der Waals surface area (Å²) in [5.74, 6) is -0.997. The van der Waals surface area contributed by atoms with E-state index >= 15 is 0 Å². The maximum atomic E-state index is 10.8. The van der Waals surface area contributed by atoms with Gasteiger partial charge in [-0.25, -0.2) is 4.79 Å². The third-order valence-corrected chi connectivity index (χ3v) is 3.75. The van der Waals surface area contributed by atoms with E-state index in [4.69, 9.17) is 16.7 Å². The number of nitrogens with one attached hydrogen (secondary N) is 1. The van der Waals surface area contributed by atoms with Crippen LogP contribution in [0.25, 0.3) is 11.0 Å². The molecule has 0 unspecified atom stereocenters. The summed E-state index contributed by atoms with van der Waals surface area (Å²) >= 11 is 7.29. The van der Waals surface area contributed by atoms with Crippen LogP contribution >= 0.6 is 23.3 Å². The lowest BCUT2D eigenvalue weighted by molar-refractivity contribution is 0.0696. The third kappa shape index (κ3) is 2.79. The Balaban J connectivity index is 1.81. The van der Waals surface area contributed by atoms with Gasteiger partial charge >= 0.3 is 5.97 Å². The van der Waals surface area contributed by atoms with Crippen molar-refractivity contribution in [2.24, 2.45) is 0 Å². The minimum Gasteiger partial charge on any atom is -0.478 e. The largest absolute Gasteiger partial charge is 0.478 e. The van der Waals surface area contributed by atoms with Gasteiger partial charge in [-0.15, -0.1) is 0 Å². The molecule has 0 radical (unpaired) electrons. The molecule has 0 atom stereocenters. The van der Waals surface area contributed by atoms with Crippen molar-refractivity contribution in [1.29, 1.82) is 0 Å². The number of hydrogen-bond acceptors (Lipinski definition) is 6. The summed E-state index contributed by atoms with van der Waals surface area (Å²) in [5.41, 5.74) is 3.06. The van der Waals surface area contributed by atoms with Crippen molar-refractivity contribution < 1.29 is 9.90 Å². The Morgan fingerprint density at radius 2 is 2.14 bits per heavy atom. The molecule has 0 aliphatic rings. The average Bonchev–Trinajstić information content (AvgIpc) is 2.95. The molecular weight excluding hydrogens is 312 g/mol. The summed E-state index contributed by atoms with van der Waals surface area (Å²) in [5, 5.41) is 12.6. The Bertz CT molecular complexity index is 804. The van der Waals surface area contributed by atoms with Crippen molar-refractivity contribution in [1.82, 2.24) is 13.7 Å². The summed E-state index contributed by atoms with van der Waals surface area (Å²) in [4.78, 5) is 14.9. The normalized spacial score (nSPS) is 10.7. The summed E-state index contributed by atoms with van der Waals surface area (Å²) in [6, 6.07) is 6.74. The van der Waals surface area contributed by atoms with Crippen molar-refractivity contribution in [3.63, 3.8) is 0 Å². The summed E-state index contributed by atoms with van der Waals surface area (Å²) in [6.07, 6.45) is 1.33. The molecule has 3 rings (SSSR count). The van der Waals surface area contributed by atoms with Gasteiger partial charge < -0.3 is 10.4 Å². The van der Waals surface area contributed by atoms with Crippen molar-refractivity contribution in [2.75, 3.05) is 5.32 Å². The molecule has 6 nitrogen and oxygen atoms in total. The molecule has 2 aromatic heterocycles. The SMILES string of the molecule is O=C(O)c1ccc(CNc2c(Cl)ccc3nsnc23)nc1. The van der Waals surface area contributed by atoms with Gasteiger partial charge in [0.1, 0.15) is 11.0 Å². The zero-order valence-electron chi connectivity index (χ0n) is 10.6. The monoisotopic (exact) mass is 320 g/mol. The molecule has 0 amide bonds. The summed E-state index contributed by atoms with van der Waals surface area (Å²) < 4.78 is 8.37. The fraction of sp³-hybridized carbons (Fsp3) is 0.0769. The summed E-state index contributed by atoms with van der Waals surface area (Å²) in [6.45, 7) is 0.413. The molecule has 2 N–H and O–H groups in total.